The summed E-state index contributed by atoms with van der Waals surface area (Å²) in [6.45, 7) is 3.76. The van der Waals surface area contributed by atoms with Crippen LogP contribution in [0, 0.1) is 13.8 Å². The summed E-state index contributed by atoms with van der Waals surface area (Å²) < 4.78 is 7.63. The second-order valence-electron chi connectivity index (χ2n) is 4.64. The summed E-state index contributed by atoms with van der Waals surface area (Å²) in [4.78, 5) is 11.9. The van der Waals surface area contributed by atoms with E-state index in [-0.39, 0.29) is 19.1 Å². The first-order chi connectivity index (χ1) is 9.88. The van der Waals surface area contributed by atoms with Crippen LogP contribution in [-0.4, -0.2) is 15.7 Å². The highest BCUT2D eigenvalue weighted by Crippen LogP contribution is 2.22. The number of aryl methyl sites for hydroxylation is 1. The van der Waals surface area contributed by atoms with Crippen molar-refractivity contribution in [1.29, 1.82) is 0 Å². The van der Waals surface area contributed by atoms with Gasteiger partial charge in [-0.2, -0.15) is 5.10 Å². The van der Waals surface area contributed by atoms with E-state index in [1.807, 2.05) is 13.0 Å². The Bertz CT molecular complexity index is 685. The number of carbonyl (C=O) groups is 1. The van der Waals surface area contributed by atoms with Crippen LogP contribution in [0.25, 0.3) is 0 Å². The van der Waals surface area contributed by atoms with Gasteiger partial charge in [-0.3, -0.25) is 9.48 Å². The number of hydrogen-bond donors (Lipinski definition) is 1. The lowest BCUT2D eigenvalue weighted by atomic mass is 10.2. The molecular weight excluding hydrogens is 358 g/mol. The fraction of sp³-hybridized carbons (Fsp3) is 0.286. The molecule has 2 N–H and O–H groups in total. The van der Waals surface area contributed by atoms with Gasteiger partial charge in [-0.05, 0) is 26.0 Å². The van der Waals surface area contributed by atoms with E-state index in [1.165, 1.54) is 4.68 Å². The number of rotatable bonds is 4. The molecule has 0 aliphatic rings. The zero-order chi connectivity index (χ0) is 15.6. The highest BCUT2D eigenvalue weighted by Gasteiger charge is 2.13. The first-order valence-corrected chi connectivity index (χ1v) is 7.44. The summed E-state index contributed by atoms with van der Waals surface area (Å²) in [5, 5.41) is 4.74. The molecule has 0 spiro atoms. The van der Waals surface area contributed by atoms with Gasteiger partial charge in [-0.15, -0.1) is 0 Å². The highest BCUT2D eigenvalue weighted by atomic mass is 79.9. The van der Waals surface area contributed by atoms with Gasteiger partial charge in [0.2, 0.25) is 0 Å². The van der Waals surface area contributed by atoms with E-state index in [9.17, 15) is 4.79 Å². The summed E-state index contributed by atoms with van der Waals surface area (Å²) in [6.07, 6.45) is 0. The molecule has 1 aromatic carbocycles. The van der Waals surface area contributed by atoms with Crippen molar-refractivity contribution < 1.29 is 9.53 Å². The van der Waals surface area contributed by atoms with Crippen molar-refractivity contribution in [2.75, 3.05) is 5.73 Å². The molecule has 0 amide bonds. The SMILES string of the molecule is Cc1nn(CC(=O)OCc2ccc(Br)cc2Cl)c(C)c1N. The predicted molar refractivity (Wildman–Crippen MR) is 85.1 cm³/mol. The van der Waals surface area contributed by atoms with E-state index in [4.69, 9.17) is 22.1 Å². The molecule has 112 valence electrons. The quantitative estimate of drug-likeness (QED) is 0.836. The number of halogens is 2. The second-order valence-corrected chi connectivity index (χ2v) is 5.96. The van der Waals surface area contributed by atoms with Crippen molar-refractivity contribution in [2.24, 2.45) is 0 Å². The van der Waals surface area contributed by atoms with Crippen molar-refractivity contribution in [3.05, 3.63) is 44.6 Å². The fourth-order valence-corrected chi connectivity index (χ4v) is 2.56. The van der Waals surface area contributed by atoms with Crippen LogP contribution in [0.1, 0.15) is 17.0 Å². The Kier molecular flexibility index (Phi) is 4.90. The van der Waals surface area contributed by atoms with E-state index in [0.29, 0.717) is 16.4 Å². The Morgan fingerprint density at radius 1 is 1.48 bits per heavy atom. The first kappa shape index (κ1) is 15.9. The predicted octanol–water partition coefficient (Wildman–Crippen LogP) is 3.24. The zero-order valence-corrected chi connectivity index (χ0v) is 14.0. The number of benzene rings is 1. The van der Waals surface area contributed by atoms with E-state index >= 15 is 0 Å². The number of nitrogens with two attached hydrogens (primary N) is 1. The van der Waals surface area contributed by atoms with E-state index < -0.39 is 0 Å². The monoisotopic (exact) mass is 371 g/mol. The molecule has 1 heterocycles. The maximum absolute atomic E-state index is 11.9. The third kappa shape index (κ3) is 3.77. The van der Waals surface area contributed by atoms with Gasteiger partial charge in [-0.25, -0.2) is 0 Å². The van der Waals surface area contributed by atoms with Crippen LogP contribution in [0.3, 0.4) is 0 Å². The van der Waals surface area contributed by atoms with Gasteiger partial charge >= 0.3 is 5.97 Å². The highest BCUT2D eigenvalue weighted by molar-refractivity contribution is 9.10. The van der Waals surface area contributed by atoms with E-state index in [2.05, 4.69) is 21.0 Å². The van der Waals surface area contributed by atoms with Crippen LogP contribution >= 0.6 is 27.5 Å². The van der Waals surface area contributed by atoms with Gasteiger partial charge in [0.1, 0.15) is 13.2 Å². The van der Waals surface area contributed by atoms with Gasteiger partial charge in [0.05, 0.1) is 17.1 Å². The maximum atomic E-state index is 11.9. The van der Waals surface area contributed by atoms with Gasteiger partial charge in [0.25, 0.3) is 0 Å². The summed E-state index contributed by atoms with van der Waals surface area (Å²) in [7, 11) is 0. The van der Waals surface area contributed by atoms with Gasteiger partial charge in [0.15, 0.2) is 0 Å². The van der Waals surface area contributed by atoms with Crippen molar-refractivity contribution in [2.45, 2.75) is 27.0 Å². The number of nitrogen functional groups attached to an aromatic ring is 1. The molecule has 0 atom stereocenters. The Hall–Kier alpha value is -1.53. The average molecular weight is 373 g/mol. The number of nitrogens with zero attached hydrogens (tertiary/aromatic N) is 2. The zero-order valence-electron chi connectivity index (χ0n) is 11.7. The molecule has 0 fully saturated rings. The Morgan fingerprint density at radius 3 is 2.76 bits per heavy atom. The van der Waals surface area contributed by atoms with Crippen LogP contribution in [0.5, 0.6) is 0 Å². The van der Waals surface area contributed by atoms with Gasteiger partial charge in [-0.1, -0.05) is 33.6 Å². The van der Waals surface area contributed by atoms with Crippen molar-refractivity contribution >= 4 is 39.2 Å². The van der Waals surface area contributed by atoms with E-state index in [1.54, 1.807) is 19.1 Å². The molecule has 0 radical (unpaired) electrons. The largest absolute Gasteiger partial charge is 0.459 e. The minimum atomic E-state index is -0.389. The molecule has 5 nitrogen and oxygen atoms in total. The minimum Gasteiger partial charge on any atom is -0.459 e. The van der Waals surface area contributed by atoms with Crippen molar-refractivity contribution in [3.8, 4) is 0 Å². The molecule has 1 aromatic heterocycles. The molecule has 0 bridgehead atoms. The summed E-state index contributed by atoms with van der Waals surface area (Å²) in [5.41, 5.74) is 8.63. The molecule has 2 aromatic rings. The smallest absolute Gasteiger partial charge is 0.328 e. The van der Waals surface area contributed by atoms with Crippen molar-refractivity contribution in [3.63, 3.8) is 0 Å². The number of aromatic nitrogens is 2. The van der Waals surface area contributed by atoms with Gasteiger partial charge in [0, 0.05) is 15.1 Å². The Balaban J connectivity index is 1.97. The van der Waals surface area contributed by atoms with E-state index in [0.717, 1.165) is 15.7 Å². The topological polar surface area (TPSA) is 70.1 Å². The number of carbonyl (C=O) groups excluding carboxylic acids is 1. The first-order valence-electron chi connectivity index (χ1n) is 6.27. The minimum absolute atomic E-state index is 0.0258. The molecule has 2 rings (SSSR count). The Labute approximate surface area is 136 Å². The summed E-state index contributed by atoms with van der Waals surface area (Å²) in [5.74, 6) is -0.389. The van der Waals surface area contributed by atoms with Crippen LogP contribution in [-0.2, 0) is 22.7 Å². The van der Waals surface area contributed by atoms with Crippen LogP contribution < -0.4 is 5.73 Å². The lowest BCUT2D eigenvalue weighted by Crippen LogP contribution is -2.15. The molecule has 0 saturated carbocycles. The van der Waals surface area contributed by atoms with Crippen molar-refractivity contribution in [1.82, 2.24) is 9.78 Å². The number of anilines is 1. The Morgan fingerprint density at radius 2 is 2.19 bits per heavy atom. The number of ether oxygens (including phenoxy) is 1. The molecule has 7 heteroatoms. The third-order valence-electron chi connectivity index (χ3n) is 3.12. The molecule has 0 saturated heterocycles. The maximum Gasteiger partial charge on any atom is 0.328 e. The fourth-order valence-electron chi connectivity index (χ4n) is 1.83. The number of hydrogen-bond acceptors (Lipinski definition) is 4. The summed E-state index contributed by atoms with van der Waals surface area (Å²) >= 11 is 9.39. The lowest BCUT2D eigenvalue weighted by Gasteiger charge is -2.08. The molecular formula is C14H15BrClN3O2. The van der Waals surface area contributed by atoms with Crippen LogP contribution in [0.15, 0.2) is 22.7 Å². The lowest BCUT2D eigenvalue weighted by molar-refractivity contribution is -0.145. The van der Waals surface area contributed by atoms with Gasteiger partial charge < -0.3 is 10.5 Å². The average Bonchev–Trinajstić information content (AvgIpc) is 2.65. The van der Waals surface area contributed by atoms with Crippen LogP contribution in [0.2, 0.25) is 5.02 Å². The molecule has 0 unspecified atom stereocenters. The van der Waals surface area contributed by atoms with Crippen LogP contribution in [0.4, 0.5) is 5.69 Å². The molecule has 0 aliphatic heterocycles. The standard InChI is InChI=1S/C14H15BrClN3O2/c1-8-14(17)9(2)19(18-8)6-13(20)21-7-10-3-4-11(15)5-12(10)16/h3-5H,6-7,17H2,1-2H3. The summed E-state index contributed by atoms with van der Waals surface area (Å²) in [6, 6.07) is 5.41. The normalized spacial score (nSPS) is 10.7. The molecule has 0 aliphatic carbocycles. The number of esters is 1. The second kappa shape index (κ2) is 6.49. The third-order valence-corrected chi connectivity index (χ3v) is 3.97. The molecule has 21 heavy (non-hydrogen) atoms.